The van der Waals surface area contributed by atoms with Crippen molar-refractivity contribution in [3.63, 3.8) is 0 Å². The fraction of sp³-hybridized carbons (Fsp3) is 0.533. The minimum absolute atomic E-state index is 0.219. The van der Waals surface area contributed by atoms with E-state index in [1.165, 1.54) is 5.56 Å². The first-order chi connectivity index (χ1) is 11.0. The van der Waals surface area contributed by atoms with Gasteiger partial charge < -0.3 is 5.32 Å². The number of rotatable bonds is 5. The van der Waals surface area contributed by atoms with E-state index in [0.29, 0.717) is 17.4 Å². The van der Waals surface area contributed by atoms with Crippen LogP contribution in [0.25, 0.3) is 5.69 Å². The summed E-state index contributed by atoms with van der Waals surface area (Å²) in [5.41, 5.74) is 2.11. The molecule has 0 radical (unpaired) electrons. The van der Waals surface area contributed by atoms with E-state index >= 15 is 0 Å². The van der Waals surface area contributed by atoms with Crippen LogP contribution in [-0.2, 0) is 9.84 Å². The number of benzene rings is 1. The van der Waals surface area contributed by atoms with E-state index in [-0.39, 0.29) is 6.04 Å². The van der Waals surface area contributed by atoms with Crippen molar-refractivity contribution in [3.8, 4) is 5.69 Å². The van der Waals surface area contributed by atoms with Crippen molar-refractivity contribution >= 4 is 9.84 Å². The zero-order chi connectivity index (χ0) is 16.3. The molecule has 1 fully saturated rings. The van der Waals surface area contributed by atoms with Crippen LogP contribution < -0.4 is 5.32 Å². The molecule has 0 spiro atoms. The number of nitrogens with zero attached hydrogens (tertiary/aromatic N) is 4. The standard InChI is InChI=1S/C15H21N5O2S/c1-12(16-10-13-6-8-23(21,22)9-7-13)14-2-4-15(5-3-14)20-11-17-18-19-20/h2-5,11-13,16H,6-10H2,1H3. The lowest BCUT2D eigenvalue weighted by atomic mass is 10.0. The van der Waals surface area contributed by atoms with Crippen LogP contribution >= 0.6 is 0 Å². The summed E-state index contributed by atoms with van der Waals surface area (Å²) in [4.78, 5) is 0. The van der Waals surface area contributed by atoms with Crippen LogP contribution in [0.4, 0.5) is 0 Å². The lowest BCUT2D eigenvalue weighted by Crippen LogP contribution is -2.32. The molecular weight excluding hydrogens is 314 g/mol. The Morgan fingerprint density at radius 2 is 1.96 bits per heavy atom. The second kappa shape index (κ2) is 6.76. The molecule has 2 heterocycles. The lowest BCUT2D eigenvalue weighted by molar-refractivity contribution is 0.410. The Morgan fingerprint density at radius 3 is 2.57 bits per heavy atom. The molecule has 1 atom stereocenters. The molecule has 7 nitrogen and oxygen atoms in total. The van der Waals surface area contributed by atoms with Gasteiger partial charge in [0.1, 0.15) is 16.2 Å². The van der Waals surface area contributed by atoms with E-state index in [4.69, 9.17) is 0 Å². The summed E-state index contributed by atoms with van der Waals surface area (Å²) in [5.74, 6) is 1.10. The van der Waals surface area contributed by atoms with Gasteiger partial charge in [0.25, 0.3) is 0 Å². The van der Waals surface area contributed by atoms with Gasteiger partial charge >= 0.3 is 0 Å². The number of aromatic nitrogens is 4. The summed E-state index contributed by atoms with van der Waals surface area (Å²) < 4.78 is 24.5. The second-order valence-corrected chi connectivity index (χ2v) is 8.37. The molecule has 0 bridgehead atoms. The van der Waals surface area contributed by atoms with Gasteiger partial charge in [-0.1, -0.05) is 12.1 Å². The molecule has 1 aliphatic rings. The van der Waals surface area contributed by atoms with Gasteiger partial charge in [0, 0.05) is 6.04 Å². The number of hydrogen-bond donors (Lipinski definition) is 1. The highest BCUT2D eigenvalue weighted by Crippen LogP contribution is 2.20. The van der Waals surface area contributed by atoms with Crippen molar-refractivity contribution in [1.29, 1.82) is 0 Å². The van der Waals surface area contributed by atoms with Crippen molar-refractivity contribution in [1.82, 2.24) is 25.5 Å². The fourth-order valence-electron chi connectivity index (χ4n) is 2.80. The Hall–Kier alpha value is -1.80. The minimum atomic E-state index is -2.78. The van der Waals surface area contributed by atoms with Gasteiger partial charge in [-0.25, -0.2) is 13.1 Å². The van der Waals surface area contributed by atoms with Gasteiger partial charge in [0.05, 0.1) is 17.2 Å². The normalized spacial score (nSPS) is 19.5. The average Bonchev–Trinajstić information content (AvgIpc) is 3.08. The molecule has 0 saturated carbocycles. The summed E-state index contributed by atoms with van der Waals surface area (Å²) >= 11 is 0. The number of nitrogens with one attached hydrogen (secondary N) is 1. The van der Waals surface area contributed by atoms with Crippen molar-refractivity contribution < 1.29 is 8.42 Å². The van der Waals surface area contributed by atoms with E-state index in [1.54, 1.807) is 11.0 Å². The highest BCUT2D eigenvalue weighted by molar-refractivity contribution is 7.91. The maximum Gasteiger partial charge on any atom is 0.150 e. The number of tetrazole rings is 1. The summed E-state index contributed by atoms with van der Waals surface area (Å²) in [7, 11) is -2.78. The van der Waals surface area contributed by atoms with Crippen LogP contribution in [0.2, 0.25) is 0 Å². The van der Waals surface area contributed by atoms with E-state index in [0.717, 1.165) is 25.1 Å². The highest BCUT2D eigenvalue weighted by atomic mass is 32.2. The Labute approximate surface area is 136 Å². The first-order valence-electron chi connectivity index (χ1n) is 7.81. The molecular formula is C15H21N5O2S. The first-order valence-corrected chi connectivity index (χ1v) is 9.63. The Bertz CT molecular complexity index is 714. The van der Waals surface area contributed by atoms with E-state index in [2.05, 4.69) is 39.9 Å². The third-order valence-electron chi connectivity index (χ3n) is 4.39. The summed E-state index contributed by atoms with van der Waals surface area (Å²) in [6.07, 6.45) is 3.09. The molecule has 0 amide bonds. The molecule has 1 aliphatic heterocycles. The predicted molar refractivity (Wildman–Crippen MR) is 86.9 cm³/mol. The number of hydrogen-bond acceptors (Lipinski definition) is 6. The first kappa shape index (κ1) is 16.1. The van der Waals surface area contributed by atoms with Gasteiger partial charge in [-0.3, -0.25) is 0 Å². The molecule has 0 aliphatic carbocycles. The van der Waals surface area contributed by atoms with Crippen LogP contribution in [-0.4, -0.2) is 46.7 Å². The molecule has 1 aromatic carbocycles. The SMILES string of the molecule is CC(NCC1CCS(=O)(=O)CC1)c1ccc(-n2cnnn2)cc1. The molecule has 2 aromatic rings. The smallest absolute Gasteiger partial charge is 0.150 e. The van der Waals surface area contributed by atoms with Gasteiger partial charge in [0.15, 0.2) is 0 Å². The maximum absolute atomic E-state index is 11.4. The van der Waals surface area contributed by atoms with E-state index in [9.17, 15) is 8.42 Å². The van der Waals surface area contributed by atoms with Crippen LogP contribution in [0.5, 0.6) is 0 Å². The zero-order valence-electron chi connectivity index (χ0n) is 13.1. The zero-order valence-corrected chi connectivity index (χ0v) is 13.9. The Balaban J connectivity index is 1.53. The van der Waals surface area contributed by atoms with Gasteiger partial charge in [-0.2, -0.15) is 0 Å². The van der Waals surface area contributed by atoms with Crippen molar-refractivity contribution in [3.05, 3.63) is 36.2 Å². The van der Waals surface area contributed by atoms with Crippen molar-refractivity contribution in [2.75, 3.05) is 18.1 Å². The monoisotopic (exact) mass is 335 g/mol. The molecule has 8 heteroatoms. The largest absolute Gasteiger partial charge is 0.310 e. The van der Waals surface area contributed by atoms with Gasteiger partial charge in [-0.15, -0.1) is 5.10 Å². The third kappa shape index (κ3) is 4.14. The quantitative estimate of drug-likeness (QED) is 0.881. The summed E-state index contributed by atoms with van der Waals surface area (Å²) in [5, 5.41) is 14.6. The second-order valence-electron chi connectivity index (χ2n) is 6.07. The predicted octanol–water partition coefficient (Wildman–Crippen LogP) is 1.14. The summed E-state index contributed by atoms with van der Waals surface area (Å²) in [6.45, 7) is 2.97. The molecule has 1 saturated heterocycles. The van der Waals surface area contributed by atoms with Crippen LogP contribution in [0.1, 0.15) is 31.4 Å². The Kier molecular flexibility index (Phi) is 4.72. The maximum atomic E-state index is 11.4. The molecule has 23 heavy (non-hydrogen) atoms. The van der Waals surface area contributed by atoms with Gasteiger partial charge in [0.2, 0.25) is 0 Å². The van der Waals surface area contributed by atoms with Crippen molar-refractivity contribution in [2.24, 2.45) is 5.92 Å². The minimum Gasteiger partial charge on any atom is -0.310 e. The van der Waals surface area contributed by atoms with Crippen LogP contribution in [0.3, 0.4) is 0 Å². The lowest BCUT2D eigenvalue weighted by Gasteiger charge is -2.24. The fourth-order valence-corrected chi connectivity index (χ4v) is 4.39. The Morgan fingerprint density at radius 1 is 1.26 bits per heavy atom. The molecule has 1 unspecified atom stereocenters. The van der Waals surface area contributed by atoms with Gasteiger partial charge in [-0.05, 0) is 60.4 Å². The third-order valence-corrected chi connectivity index (χ3v) is 6.11. The average molecular weight is 335 g/mol. The molecule has 1 aromatic heterocycles. The van der Waals surface area contributed by atoms with E-state index < -0.39 is 9.84 Å². The highest BCUT2D eigenvalue weighted by Gasteiger charge is 2.23. The summed E-state index contributed by atoms with van der Waals surface area (Å²) in [6, 6.07) is 8.30. The topological polar surface area (TPSA) is 89.8 Å². The van der Waals surface area contributed by atoms with Crippen LogP contribution in [0.15, 0.2) is 30.6 Å². The number of sulfone groups is 1. The van der Waals surface area contributed by atoms with Crippen LogP contribution in [0, 0.1) is 5.92 Å². The van der Waals surface area contributed by atoms with E-state index in [1.807, 2.05) is 12.1 Å². The molecule has 1 N–H and O–H groups in total. The van der Waals surface area contributed by atoms with Crippen molar-refractivity contribution in [2.45, 2.75) is 25.8 Å². The molecule has 3 rings (SSSR count). The molecule has 124 valence electrons.